The topological polar surface area (TPSA) is 0 Å². The zero-order valence-corrected chi connectivity index (χ0v) is 37.8. The summed E-state index contributed by atoms with van der Waals surface area (Å²) >= 11 is 1.74. The van der Waals surface area contributed by atoms with Gasteiger partial charge in [0.1, 0.15) is 0 Å². The second kappa shape index (κ2) is 20.6. The summed E-state index contributed by atoms with van der Waals surface area (Å²) in [5, 5.41) is 5.56. The Balaban J connectivity index is 0.000000208. The van der Waals surface area contributed by atoms with Crippen LogP contribution in [-0.4, -0.2) is 5.43 Å². The molecule has 53 heavy (non-hydrogen) atoms. The molecule has 2 aliphatic rings. The molecule has 0 aromatic heterocycles. The van der Waals surface area contributed by atoms with Crippen molar-refractivity contribution in [3.63, 3.8) is 0 Å². The third-order valence-corrected chi connectivity index (χ3v) is 11.3. The van der Waals surface area contributed by atoms with E-state index in [1.165, 1.54) is 136 Å². The molecule has 0 amide bonds. The molecule has 0 bridgehead atoms. The van der Waals surface area contributed by atoms with E-state index in [2.05, 4.69) is 144 Å². The van der Waals surface area contributed by atoms with Crippen molar-refractivity contribution in [1.29, 1.82) is 0 Å². The third kappa shape index (κ3) is 11.2. The molecule has 0 unspecified atom stereocenters. The Morgan fingerprint density at radius 1 is 0.604 bits per heavy atom. The van der Waals surface area contributed by atoms with Gasteiger partial charge in [0.25, 0.3) is 0 Å². The molecule has 2 aliphatic carbocycles. The molecule has 0 atom stereocenters. The van der Waals surface area contributed by atoms with Crippen LogP contribution in [0.2, 0.25) is 13.1 Å². The molecule has 0 nitrogen and oxygen atoms in total. The fourth-order valence-corrected chi connectivity index (χ4v) is 8.43. The quantitative estimate of drug-likeness (QED) is 0.120. The zero-order chi connectivity index (χ0) is 35.9. The number of benzene rings is 4. The van der Waals surface area contributed by atoms with Gasteiger partial charge in [-0.05, 0) is 65.7 Å². The largest absolute Gasteiger partial charge is 1.00 e. The van der Waals surface area contributed by atoms with Crippen molar-refractivity contribution in [2.45, 2.75) is 123 Å². The van der Waals surface area contributed by atoms with Crippen LogP contribution in [0, 0.1) is 13.8 Å². The maximum atomic E-state index is 2.38. The van der Waals surface area contributed by atoms with Crippen LogP contribution in [0.1, 0.15) is 124 Å². The maximum absolute atomic E-state index is 2.38. The van der Waals surface area contributed by atoms with Gasteiger partial charge in [-0.3, -0.25) is 0 Å². The Morgan fingerprint density at radius 3 is 1.58 bits per heavy atom. The van der Waals surface area contributed by atoms with Crippen LogP contribution in [0.5, 0.6) is 0 Å². The second-order valence-electron chi connectivity index (χ2n) is 16.0. The van der Waals surface area contributed by atoms with Gasteiger partial charge < -0.3 is 24.8 Å². The third-order valence-electron chi connectivity index (χ3n) is 11.3. The van der Waals surface area contributed by atoms with E-state index in [9.17, 15) is 0 Å². The van der Waals surface area contributed by atoms with E-state index < -0.39 is 0 Å². The molecule has 278 valence electrons. The Labute approximate surface area is 348 Å². The first-order valence-electron chi connectivity index (χ1n) is 19.8. The molecule has 2 fully saturated rings. The van der Waals surface area contributed by atoms with Crippen molar-refractivity contribution < 1.29 is 48.1 Å². The van der Waals surface area contributed by atoms with Gasteiger partial charge in [-0.2, -0.15) is 12.1 Å². The molecular weight excluding hydrogens is 779 g/mol. The van der Waals surface area contributed by atoms with E-state index in [0.717, 1.165) is 11.8 Å². The molecule has 6 aromatic rings. The summed E-state index contributed by atoms with van der Waals surface area (Å²) in [4.78, 5) is 0. The minimum Gasteiger partial charge on any atom is -1.00 e. The number of aryl methyl sites for hydroxylation is 2. The summed E-state index contributed by atoms with van der Waals surface area (Å²) in [6, 6.07) is 39.4. The van der Waals surface area contributed by atoms with Crippen LogP contribution in [-0.2, 0) is 23.3 Å². The molecule has 0 radical (unpaired) electrons. The molecule has 2 saturated carbocycles. The standard InChI is InChI=1S/C24H27.C23H25.C2H6Si.2ClH.Zr/c1-17(2)22-15-21-9-6-10-23(24(21)16-22)20-13-11-19(12-14-20)18-7-4-3-5-8-18;1-16-14-22-17(2)8-13-21(23(22)15-16)20-11-9-19(10-12-20)18-6-4-3-5-7-18;1-3-2;;;/h6,9-18H,3-5,7-8H2,1-2H3;8-15,18H,3-7H2,1-2H3;1-2H3;2*1H;/q2*-1;;;;+2/p-2. The summed E-state index contributed by atoms with van der Waals surface area (Å²) in [5.74, 6) is 2.16. The van der Waals surface area contributed by atoms with E-state index in [4.69, 9.17) is 0 Å². The first-order chi connectivity index (χ1) is 24.7. The van der Waals surface area contributed by atoms with Crippen LogP contribution < -0.4 is 24.8 Å². The minimum absolute atomic E-state index is 0. The van der Waals surface area contributed by atoms with Crippen molar-refractivity contribution in [2.75, 3.05) is 0 Å². The van der Waals surface area contributed by atoms with E-state index in [-0.39, 0.29) is 30.2 Å². The minimum atomic E-state index is 0. The number of hydrogen-bond donors (Lipinski definition) is 0. The average Bonchev–Trinajstić information content (AvgIpc) is 3.78. The Kier molecular flexibility index (Phi) is 16.9. The monoisotopic (exact) mass is 834 g/mol. The molecule has 8 rings (SSSR count). The second-order valence-corrected chi connectivity index (χ2v) is 25.3. The van der Waals surface area contributed by atoms with Gasteiger partial charge >= 0.3 is 41.9 Å². The van der Waals surface area contributed by atoms with Gasteiger partial charge in [0.05, 0.1) is 0 Å². The van der Waals surface area contributed by atoms with Crippen molar-refractivity contribution in [3.05, 3.63) is 131 Å². The average molecular weight is 837 g/mol. The molecule has 0 spiro atoms. The molecule has 0 heterocycles. The molecular formula is C49H58Cl2SiZr-2. The number of rotatable bonds is 5. The van der Waals surface area contributed by atoms with Crippen LogP contribution >= 0.6 is 0 Å². The Bertz CT molecular complexity index is 2030. The van der Waals surface area contributed by atoms with E-state index >= 15 is 0 Å². The maximum Gasteiger partial charge on any atom is -0.0162 e. The van der Waals surface area contributed by atoms with Gasteiger partial charge in [-0.15, -0.1) is 68.6 Å². The molecule has 4 heteroatoms. The van der Waals surface area contributed by atoms with E-state index in [0.29, 0.717) is 5.92 Å². The van der Waals surface area contributed by atoms with Crippen LogP contribution in [0.25, 0.3) is 43.8 Å². The summed E-state index contributed by atoms with van der Waals surface area (Å²) in [7, 11) is 0. The van der Waals surface area contributed by atoms with Gasteiger partial charge in [-0.1, -0.05) is 138 Å². The summed E-state index contributed by atoms with van der Waals surface area (Å²) in [5.41, 5.74) is 12.9. The molecule has 6 aromatic carbocycles. The smallest absolute Gasteiger partial charge is 0.0162 e. The van der Waals surface area contributed by atoms with Crippen molar-refractivity contribution in [3.8, 4) is 22.3 Å². The summed E-state index contributed by atoms with van der Waals surface area (Å²) < 4.78 is 0. The van der Waals surface area contributed by atoms with E-state index in [1.807, 2.05) is 0 Å². The molecule has 0 aliphatic heterocycles. The van der Waals surface area contributed by atoms with Crippen molar-refractivity contribution in [2.24, 2.45) is 0 Å². The molecule has 0 N–H and O–H groups in total. The van der Waals surface area contributed by atoms with Crippen LogP contribution in [0.4, 0.5) is 0 Å². The number of fused-ring (bicyclic) bond motifs is 2. The summed E-state index contributed by atoms with van der Waals surface area (Å²) in [6.45, 7) is 13.6. The van der Waals surface area contributed by atoms with Crippen LogP contribution in [0.15, 0.2) is 103 Å². The normalized spacial score (nSPS) is 14.8. The fourth-order valence-electron chi connectivity index (χ4n) is 8.43. The Morgan fingerprint density at radius 2 is 1.09 bits per heavy atom. The zero-order valence-electron chi connectivity index (χ0n) is 32.9. The SMILES string of the molecule is CC(C)c1cc2c(-c3ccc(C4CCCCC4)cc3)cccc2[cH-]1.C[Si](C)=[Zr+2].Cc1cc2c(-c3ccc(C4CCCCC4)cc3)ccc(C)c2[cH-]1.[Cl-].[Cl-]. The van der Waals surface area contributed by atoms with Gasteiger partial charge in [0.15, 0.2) is 0 Å². The van der Waals surface area contributed by atoms with Gasteiger partial charge in [0, 0.05) is 0 Å². The van der Waals surface area contributed by atoms with E-state index in [1.54, 1.807) is 23.3 Å². The summed E-state index contributed by atoms with van der Waals surface area (Å²) in [6.07, 6.45) is 13.9. The number of hydrogen-bond acceptors (Lipinski definition) is 0. The fraction of sp³-hybridized carbons (Fsp3) is 0.388. The predicted molar refractivity (Wildman–Crippen MR) is 223 cm³/mol. The van der Waals surface area contributed by atoms with Gasteiger partial charge in [0.2, 0.25) is 0 Å². The number of halogens is 2. The Hall–Kier alpha value is -2.22. The predicted octanol–water partition coefficient (Wildman–Crippen LogP) is 9.08. The molecule has 0 saturated heterocycles. The van der Waals surface area contributed by atoms with Crippen LogP contribution in [0.3, 0.4) is 0 Å². The first kappa shape index (κ1) is 43.5. The first-order valence-corrected chi connectivity index (χ1v) is 25.9. The van der Waals surface area contributed by atoms with Crippen molar-refractivity contribution >= 4 is 27.0 Å². The van der Waals surface area contributed by atoms with Crippen molar-refractivity contribution in [1.82, 2.24) is 0 Å². The van der Waals surface area contributed by atoms with Gasteiger partial charge in [-0.25, -0.2) is 0 Å².